The van der Waals surface area contributed by atoms with Crippen LogP contribution in [-0.2, 0) is 32.9 Å². The standard InChI is InChI=1S/C28H42N5O11P/c1-17(2)10-12-40-22(34)14-20(28(38)41-13-11-18(3)4)32-45(39,44-19-8-6-5-7-9-19)42-15-21-23(35)24(36)27(43-21)33-16-30-26(31-33)25(29)37/h5-9,16-18,20-21,23-24,27,35-36H,10-15H2,1-4H3,(H2,29,37)(H,32,39)/t20-,21+,23+,24+,27+,45?/m0/s1. The fraction of sp³-hybridized carbons (Fsp3) is 0.607. The Hall–Kier alpha value is -3.40. The van der Waals surface area contributed by atoms with Gasteiger partial charge < -0.3 is 34.7 Å². The van der Waals surface area contributed by atoms with E-state index in [2.05, 4.69) is 15.2 Å². The molecule has 0 spiro atoms. The summed E-state index contributed by atoms with van der Waals surface area (Å²) in [5.41, 5.74) is 5.18. The topological polar surface area (TPSA) is 224 Å². The summed E-state index contributed by atoms with van der Waals surface area (Å²) in [7, 11) is -4.53. The van der Waals surface area contributed by atoms with Crippen LogP contribution in [0.25, 0.3) is 0 Å². The highest BCUT2D eigenvalue weighted by Crippen LogP contribution is 2.46. The number of ether oxygens (including phenoxy) is 3. The molecule has 2 heterocycles. The number of carbonyl (C=O) groups is 3. The van der Waals surface area contributed by atoms with E-state index in [9.17, 15) is 29.2 Å². The molecule has 5 N–H and O–H groups in total. The fourth-order valence-electron chi connectivity index (χ4n) is 3.98. The molecular weight excluding hydrogens is 613 g/mol. The van der Waals surface area contributed by atoms with Gasteiger partial charge in [-0.25, -0.2) is 14.2 Å². The van der Waals surface area contributed by atoms with Gasteiger partial charge in [0, 0.05) is 0 Å². The molecule has 1 saturated heterocycles. The summed E-state index contributed by atoms with van der Waals surface area (Å²) in [6.45, 7) is 7.41. The average molecular weight is 656 g/mol. The predicted octanol–water partition coefficient (Wildman–Crippen LogP) is 1.73. The normalized spacial score (nSPS) is 21.8. The summed E-state index contributed by atoms with van der Waals surface area (Å²) in [4.78, 5) is 40.9. The van der Waals surface area contributed by atoms with Gasteiger partial charge in [0.05, 0.1) is 26.2 Å². The molecule has 1 aliphatic rings. The summed E-state index contributed by atoms with van der Waals surface area (Å²) in [6, 6.07) is 6.44. The van der Waals surface area contributed by atoms with Gasteiger partial charge in [-0.1, -0.05) is 45.9 Å². The first kappa shape index (κ1) is 36.1. The number of hydrogen-bond donors (Lipinski definition) is 4. The highest BCUT2D eigenvalue weighted by Gasteiger charge is 2.46. The van der Waals surface area contributed by atoms with E-state index in [1.807, 2.05) is 27.7 Å². The number of benzene rings is 1. The van der Waals surface area contributed by atoms with Crippen LogP contribution in [0.2, 0.25) is 0 Å². The number of aliphatic hydroxyl groups is 2. The maximum absolute atomic E-state index is 14.1. The third-order valence-corrected chi connectivity index (χ3v) is 8.14. The van der Waals surface area contributed by atoms with Gasteiger partial charge in [-0.2, -0.15) is 5.09 Å². The van der Waals surface area contributed by atoms with Crippen molar-refractivity contribution < 1.29 is 52.4 Å². The van der Waals surface area contributed by atoms with E-state index in [4.69, 9.17) is 29.0 Å². The Kier molecular flexibility index (Phi) is 13.4. The smallest absolute Gasteiger partial charge is 0.459 e. The average Bonchev–Trinajstić information content (AvgIpc) is 3.57. The van der Waals surface area contributed by atoms with Crippen LogP contribution in [0.15, 0.2) is 36.7 Å². The van der Waals surface area contributed by atoms with Gasteiger partial charge in [-0.05, 0) is 36.8 Å². The maximum atomic E-state index is 14.1. The first-order chi connectivity index (χ1) is 21.3. The van der Waals surface area contributed by atoms with Crippen LogP contribution in [0.5, 0.6) is 5.75 Å². The minimum Gasteiger partial charge on any atom is -0.466 e. The Morgan fingerprint density at radius 1 is 1.04 bits per heavy atom. The Labute approximate surface area is 261 Å². The molecule has 1 aromatic carbocycles. The molecule has 1 fully saturated rings. The van der Waals surface area contributed by atoms with Crippen molar-refractivity contribution in [1.29, 1.82) is 0 Å². The second kappa shape index (κ2) is 16.8. The molecule has 3 rings (SSSR count). The molecule has 0 aliphatic carbocycles. The van der Waals surface area contributed by atoms with Crippen molar-refractivity contribution >= 4 is 25.6 Å². The number of aliphatic hydroxyl groups excluding tert-OH is 2. The molecule has 1 aromatic heterocycles. The summed E-state index contributed by atoms with van der Waals surface area (Å²) in [6.07, 6.45) is -3.97. The Bertz CT molecular complexity index is 1310. The molecule has 1 aliphatic heterocycles. The molecule has 0 radical (unpaired) electrons. The SMILES string of the molecule is CC(C)CCOC(=O)C[C@H](NP(=O)(OC[C@H]1O[C@@H](n2cnc(C(N)=O)n2)[C@H](O)[C@@H]1O)Oc1ccccc1)C(=O)OCCC(C)C. The first-order valence-electron chi connectivity index (χ1n) is 14.6. The van der Waals surface area contributed by atoms with E-state index in [1.54, 1.807) is 18.2 Å². The van der Waals surface area contributed by atoms with Gasteiger partial charge in [0.1, 0.15) is 36.4 Å². The number of nitrogens with one attached hydrogen (secondary N) is 1. The van der Waals surface area contributed by atoms with Crippen LogP contribution in [-0.4, -0.2) is 87.0 Å². The highest BCUT2D eigenvalue weighted by molar-refractivity contribution is 7.52. The molecule has 0 bridgehead atoms. The summed E-state index contributed by atoms with van der Waals surface area (Å²) in [5, 5.41) is 27.6. The summed E-state index contributed by atoms with van der Waals surface area (Å²) < 4.78 is 42.7. The van der Waals surface area contributed by atoms with Crippen molar-refractivity contribution in [2.24, 2.45) is 17.6 Å². The van der Waals surface area contributed by atoms with Gasteiger partial charge in [-0.3, -0.25) is 18.9 Å². The van der Waals surface area contributed by atoms with Crippen molar-refractivity contribution in [3.8, 4) is 5.75 Å². The molecular formula is C28H42N5O11P. The van der Waals surface area contributed by atoms with E-state index in [1.165, 1.54) is 12.1 Å². The molecule has 1 amide bonds. The number of primary amides is 1. The van der Waals surface area contributed by atoms with E-state index >= 15 is 0 Å². The lowest BCUT2D eigenvalue weighted by molar-refractivity contribution is -0.152. The van der Waals surface area contributed by atoms with E-state index in [0.717, 1.165) is 11.0 Å². The van der Waals surface area contributed by atoms with Crippen molar-refractivity contribution in [1.82, 2.24) is 19.9 Å². The molecule has 45 heavy (non-hydrogen) atoms. The number of amides is 1. The largest absolute Gasteiger partial charge is 0.466 e. The van der Waals surface area contributed by atoms with Crippen molar-refractivity contribution in [2.75, 3.05) is 19.8 Å². The lowest BCUT2D eigenvalue weighted by Gasteiger charge is -2.26. The van der Waals surface area contributed by atoms with Crippen LogP contribution in [0.4, 0.5) is 0 Å². The number of hydrogen-bond acceptors (Lipinski definition) is 13. The minimum atomic E-state index is -4.53. The number of rotatable bonds is 18. The van der Waals surface area contributed by atoms with Gasteiger partial charge >= 0.3 is 19.7 Å². The quantitative estimate of drug-likeness (QED) is 0.133. The summed E-state index contributed by atoms with van der Waals surface area (Å²) in [5.74, 6) is -2.23. The minimum absolute atomic E-state index is 0.0584. The Balaban J connectivity index is 1.79. The third kappa shape index (κ3) is 11.2. The first-order valence-corrected chi connectivity index (χ1v) is 16.1. The zero-order valence-electron chi connectivity index (χ0n) is 25.7. The zero-order valence-corrected chi connectivity index (χ0v) is 26.6. The van der Waals surface area contributed by atoms with Crippen molar-refractivity contribution in [3.05, 3.63) is 42.5 Å². The fourth-order valence-corrected chi connectivity index (χ4v) is 5.48. The van der Waals surface area contributed by atoms with Crippen molar-refractivity contribution in [3.63, 3.8) is 0 Å². The lowest BCUT2D eigenvalue weighted by Crippen LogP contribution is -2.41. The Morgan fingerprint density at radius 3 is 2.29 bits per heavy atom. The number of para-hydroxylation sites is 1. The van der Waals surface area contributed by atoms with Gasteiger partial charge in [0.15, 0.2) is 6.23 Å². The molecule has 17 heteroatoms. The number of carbonyl (C=O) groups excluding carboxylic acids is 3. The van der Waals surface area contributed by atoms with Gasteiger partial charge in [0.2, 0.25) is 5.82 Å². The van der Waals surface area contributed by atoms with Crippen LogP contribution in [0, 0.1) is 11.8 Å². The molecule has 1 unspecified atom stereocenters. The highest BCUT2D eigenvalue weighted by atomic mass is 31.2. The lowest BCUT2D eigenvalue weighted by atomic mass is 10.1. The third-order valence-electron chi connectivity index (χ3n) is 6.57. The number of aromatic nitrogens is 3. The van der Waals surface area contributed by atoms with Gasteiger partial charge in [0.25, 0.3) is 5.91 Å². The van der Waals surface area contributed by atoms with E-state index < -0.39 is 69.2 Å². The van der Waals surface area contributed by atoms with Crippen molar-refractivity contribution in [2.45, 2.75) is 77.5 Å². The second-order valence-electron chi connectivity index (χ2n) is 11.3. The summed E-state index contributed by atoms with van der Waals surface area (Å²) >= 11 is 0. The monoisotopic (exact) mass is 655 g/mol. The zero-order chi connectivity index (χ0) is 33.1. The number of nitrogens with two attached hydrogens (primary N) is 1. The van der Waals surface area contributed by atoms with Crippen LogP contribution < -0.4 is 15.3 Å². The predicted molar refractivity (Wildman–Crippen MR) is 157 cm³/mol. The molecule has 250 valence electrons. The second-order valence-corrected chi connectivity index (χ2v) is 13.0. The maximum Gasteiger partial charge on any atom is 0.459 e. The molecule has 2 aromatic rings. The van der Waals surface area contributed by atoms with Crippen LogP contribution in [0.1, 0.15) is 63.8 Å². The van der Waals surface area contributed by atoms with E-state index in [-0.39, 0.29) is 36.6 Å². The number of nitrogens with zero attached hydrogens (tertiary/aromatic N) is 3. The molecule has 0 saturated carbocycles. The van der Waals surface area contributed by atoms with E-state index in [0.29, 0.717) is 12.8 Å². The van der Waals surface area contributed by atoms with Crippen LogP contribution in [0.3, 0.4) is 0 Å². The molecule has 6 atom stereocenters. The van der Waals surface area contributed by atoms with Crippen LogP contribution >= 0.6 is 7.75 Å². The van der Waals surface area contributed by atoms with Gasteiger partial charge in [-0.15, -0.1) is 5.10 Å². The number of esters is 2. The molecule has 16 nitrogen and oxygen atoms in total. The Morgan fingerprint density at radius 2 is 1.69 bits per heavy atom.